The van der Waals surface area contributed by atoms with Gasteiger partial charge < -0.3 is 0 Å². The first-order valence-electron chi connectivity index (χ1n) is 9.48. The fourth-order valence-corrected chi connectivity index (χ4v) is 3.98. The summed E-state index contributed by atoms with van der Waals surface area (Å²) in [4.78, 5) is 0. The highest BCUT2D eigenvalue weighted by molar-refractivity contribution is 7.86. The van der Waals surface area contributed by atoms with E-state index in [4.69, 9.17) is 4.55 Å². The number of rotatable bonds is 16. The van der Waals surface area contributed by atoms with Crippen LogP contribution in [0, 0.1) is 0 Å². The van der Waals surface area contributed by atoms with Crippen LogP contribution in [0.25, 0.3) is 0 Å². The van der Waals surface area contributed by atoms with E-state index in [1.54, 1.807) is 0 Å². The average Bonchev–Trinajstić information content (AvgIpc) is 2.46. The molecule has 0 bridgehead atoms. The van der Waals surface area contributed by atoms with Crippen LogP contribution in [0.3, 0.4) is 0 Å². The average molecular weight is 335 g/mol. The van der Waals surface area contributed by atoms with Gasteiger partial charge in [0, 0.05) is 0 Å². The van der Waals surface area contributed by atoms with E-state index < -0.39 is 15.4 Å². The van der Waals surface area contributed by atoms with Crippen LogP contribution in [0.2, 0.25) is 0 Å². The van der Waals surface area contributed by atoms with Gasteiger partial charge in [0.2, 0.25) is 0 Å². The van der Waals surface area contributed by atoms with E-state index in [1.165, 1.54) is 64.2 Å². The fraction of sp³-hybridized carbons (Fsp3) is 1.00. The molecule has 134 valence electrons. The highest BCUT2D eigenvalue weighted by atomic mass is 32.2. The Hall–Kier alpha value is -0.0900. The summed E-state index contributed by atoms with van der Waals surface area (Å²) in [6.45, 7) is 4.21. The lowest BCUT2D eigenvalue weighted by Gasteiger charge is -2.12. The van der Waals surface area contributed by atoms with Crippen molar-refractivity contribution in [2.45, 2.75) is 115 Å². The fourth-order valence-electron chi connectivity index (χ4n) is 2.98. The summed E-state index contributed by atoms with van der Waals surface area (Å²) in [5.41, 5.74) is 0. The molecule has 0 aliphatic carbocycles. The van der Waals surface area contributed by atoms with Crippen molar-refractivity contribution in [3.63, 3.8) is 0 Å². The van der Waals surface area contributed by atoms with Crippen LogP contribution in [0.4, 0.5) is 0 Å². The van der Waals surface area contributed by atoms with Gasteiger partial charge in [0.15, 0.2) is 0 Å². The summed E-state index contributed by atoms with van der Waals surface area (Å²) in [5.74, 6) is 0. The van der Waals surface area contributed by atoms with E-state index in [2.05, 4.69) is 6.92 Å². The van der Waals surface area contributed by atoms with Gasteiger partial charge in [-0.05, 0) is 12.8 Å². The topological polar surface area (TPSA) is 54.4 Å². The molecule has 0 radical (unpaired) electrons. The molecule has 4 heteroatoms. The Morgan fingerprint density at radius 1 is 0.636 bits per heavy atom. The van der Waals surface area contributed by atoms with Crippen LogP contribution in [0.15, 0.2) is 0 Å². The molecule has 0 fully saturated rings. The first kappa shape index (κ1) is 21.9. The van der Waals surface area contributed by atoms with Gasteiger partial charge in [-0.1, -0.05) is 97.3 Å². The minimum Gasteiger partial charge on any atom is -0.285 e. The third kappa shape index (κ3) is 13.6. The summed E-state index contributed by atoms with van der Waals surface area (Å²) in [7, 11) is -3.84. The van der Waals surface area contributed by atoms with Crippen molar-refractivity contribution in [2.24, 2.45) is 0 Å². The predicted molar refractivity (Wildman–Crippen MR) is 95.9 cm³/mol. The van der Waals surface area contributed by atoms with Gasteiger partial charge in [0.1, 0.15) is 0 Å². The van der Waals surface area contributed by atoms with Gasteiger partial charge in [-0.25, -0.2) is 0 Å². The van der Waals surface area contributed by atoms with E-state index in [1.807, 2.05) is 6.92 Å². The molecule has 0 amide bonds. The van der Waals surface area contributed by atoms with Crippen LogP contribution < -0.4 is 0 Å². The largest absolute Gasteiger partial charge is 0.285 e. The molecule has 1 N–H and O–H groups in total. The van der Waals surface area contributed by atoms with E-state index in [0.717, 1.165) is 19.3 Å². The van der Waals surface area contributed by atoms with Crippen LogP contribution in [0.1, 0.15) is 110 Å². The van der Waals surface area contributed by atoms with Crippen LogP contribution in [0.5, 0.6) is 0 Å². The van der Waals surface area contributed by atoms with Crippen molar-refractivity contribution in [3.05, 3.63) is 0 Å². The zero-order valence-corrected chi connectivity index (χ0v) is 15.7. The summed E-state index contributed by atoms with van der Waals surface area (Å²) in [6, 6.07) is 0. The Bertz CT molecular complexity index is 325. The molecule has 0 aromatic rings. The van der Waals surface area contributed by atoms with Crippen molar-refractivity contribution in [2.75, 3.05) is 0 Å². The molecule has 0 spiro atoms. The zero-order chi connectivity index (χ0) is 16.7. The molecule has 22 heavy (non-hydrogen) atoms. The van der Waals surface area contributed by atoms with Gasteiger partial charge >= 0.3 is 0 Å². The van der Waals surface area contributed by atoms with Crippen LogP contribution in [-0.4, -0.2) is 18.2 Å². The molecule has 0 aromatic carbocycles. The summed E-state index contributed by atoms with van der Waals surface area (Å²) in [5, 5.41) is -0.541. The lowest BCUT2D eigenvalue weighted by Crippen LogP contribution is -2.20. The first-order chi connectivity index (χ1) is 10.5. The Labute approximate surface area is 139 Å². The smallest absolute Gasteiger partial charge is 0.267 e. The second kappa shape index (κ2) is 14.5. The van der Waals surface area contributed by atoms with Crippen molar-refractivity contribution >= 4 is 10.1 Å². The Balaban J connectivity index is 3.39. The molecule has 1 atom stereocenters. The van der Waals surface area contributed by atoms with Crippen molar-refractivity contribution in [1.82, 2.24) is 0 Å². The molecule has 0 rings (SSSR count). The Morgan fingerprint density at radius 3 is 1.41 bits per heavy atom. The lowest BCUT2D eigenvalue weighted by atomic mass is 10.0. The summed E-state index contributed by atoms with van der Waals surface area (Å²) >= 11 is 0. The molecule has 0 heterocycles. The van der Waals surface area contributed by atoms with Gasteiger partial charge in [0.25, 0.3) is 10.1 Å². The molecular formula is C18H38O3S. The molecule has 0 saturated carbocycles. The third-order valence-electron chi connectivity index (χ3n) is 4.41. The molecule has 1 unspecified atom stereocenters. The molecular weight excluding hydrogens is 296 g/mol. The normalized spacial score (nSPS) is 13.4. The number of hydrogen-bond donors (Lipinski definition) is 1. The predicted octanol–water partition coefficient (Wildman–Crippen LogP) is 6.13. The quantitative estimate of drug-likeness (QED) is 0.273. The maximum atomic E-state index is 11.2. The zero-order valence-electron chi connectivity index (χ0n) is 14.9. The van der Waals surface area contributed by atoms with E-state index >= 15 is 0 Å². The lowest BCUT2D eigenvalue weighted by molar-refractivity contribution is 0.448. The van der Waals surface area contributed by atoms with Gasteiger partial charge in [-0.2, -0.15) is 8.42 Å². The maximum Gasteiger partial charge on any atom is 0.267 e. The van der Waals surface area contributed by atoms with Crippen molar-refractivity contribution in [3.8, 4) is 0 Å². The summed E-state index contributed by atoms with van der Waals surface area (Å²) < 4.78 is 31.6. The monoisotopic (exact) mass is 334 g/mol. The second-order valence-electron chi connectivity index (χ2n) is 6.60. The van der Waals surface area contributed by atoms with Gasteiger partial charge in [0.05, 0.1) is 5.25 Å². The number of unbranched alkanes of at least 4 members (excludes halogenated alkanes) is 11. The van der Waals surface area contributed by atoms with E-state index in [0.29, 0.717) is 12.8 Å². The van der Waals surface area contributed by atoms with Crippen LogP contribution in [-0.2, 0) is 10.1 Å². The third-order valence-corrected chi connectivity index (χ3v) is 5.73. The van der Waals surface area contributed by atoms with Crippen molar-refractivity contribution in [1.29, 1.82) is 0 Å². The molecule has 0 aliphatic rings. The molecule has 0 saturated heterocycles. The van der Waals surface area contributed by atoms with Crippen molar-refractivity contribution < 1.29 is 13.0 Å². The SMILES string of the molecule is CCCCCCCCCCCCCCC(CCC)S(=O)(=O)O. The highest BCUT2D eigenvalue weighted by Gasteiger charge is 2.20. The standard InChI is InChI=1S/C18H38O3S/c1-3-5-6-7-8-9-10-11-12-13-14-15-17-18(16-4-2)22(19,20)21/h18H,3-17H2,1-2H3,(H,19,20,21). The Morgan fingerprint density at radius 2 is 1.05 bits per heavy atom. The minimum absolute atomic E-state index is 0.541. The second-order valence-corrected chi connectivity index (χ2v) is 8.30. The van der Waals surface area contributed by atoms with Crippen LogP contribution >= 0.6 is 0 Å². The minimum atomic E-state index is -3.84. The molecule has 3 nitrogen and oxygen atoms in total. The first-order valence-corrected chi connectivity index (χ1v) is 11.0. The Kier molecular flexibility index (Phi) is 14.4. The molecule has 0 aromatic heterocycles. The summed E-state index contributed by atoms with van der Waals surface area (Å²) in [6.07, 6.45) is 17.3. The maximum absolute atomic E-state index is 11.2. The van der Waals surface area contributed by atoms with Gasteiger partial charge in [-0.3, -0.25) is 4.55 Å². The van der Waals surface area contributed by atoms with E-state index in [-0.39, 0.29) is 0 Å². The van der Waals surface area contributed by atoms with Gasteiger partial charge in [-0.15, -0.1) is 0 Å². The van der Waals surface area contributed by atoms with E-state index in [9.17, 15) is 8.42 Å². The number of hydrogen-bond acceptors (Lipinski definition) is 2. The molecule has 0 aliphatic heterocycles. The highest BCUT2D eigenvalue weighted by Crippen LogP contribution is 2.17.